The smallest absolute Gasteiger partial charge is 0.300 e. The Morgan fingerprint density at radius 3 is 2.29 bits per heavy atom. The van der Waals surface area contributed by atoms with Gasteiger partial charge in [0.2, 0.25) is 0 Å². The van der Waals surface area contributed by atoms with E-state index in [4.69, 9.17) is 14.2 Å². The first kappa shape index (κ1) is 25.4. The third-order valence-electron chi connectivity index (χ3n) is 7.04. The lowest BCUT2D eigenvalue weighted by Gasteiger charge is -2.27. The number of ether oxygens (including phenoxy) is 3. The van der Waals surface area contributed by atoms with E-state index >= 15 is 0 Å². The molecule has 3 aromatic carbocycles. The molecule has 1 fully saturated rings. The molecule has 1 atom stereocenters. The second kappa shape index (κ2) is 9.56. The average Bonchev–Trinajstić information content (AvgIpc) is 3.17. The number of carbonyl (C=O) groups excluding carboxylic acids is 2. The van der Waals surface area contributed by atoms with Crippen LogP contribution < -0.4 is 19.1 Å². The van der Waals surface area contributed by atoms with Gasteiger partial charge in [0.05, 0.1) is 18.7 Å². The Morgan fingerprint density at radius 2 is 1.63 bits per heavy atom. The molecule has 7 heteroatoms. The Morgan fingerprint density at radius 1 is 0.947 bits per heavy atom. The van der Waals surface area contributed by atoms with Crippen LogP contribution in [0.1, 0.15) is 49.1 Å². The molecule has 0 bridgehead atoms. The Labute approximate surface area is 222 Å². The Hall–Kier alpha value is -4.26. The molecular weight excluding hydrogens is 482 g/mol. The summed E-state index contributed by atoms with van der Waals surface area (Å²) in [5, 5.41) is 11.7. The van der Waals surface area contributed by atoms with Crippen LogP contribution in [0.25, 0.3) is 5.76 Å². The van der Waals surface area contributed by atoms with E-state index in [1.807, 2.05) is 25.1 Å². The van der Waals surface area contributed by atoms with Gasteiger partial charge >= 0.3 is 0 Å². The molecule has 196 valence electrons. The lowest BCUT2D eigenvalue weighted by Crippen LogP contribution is -2.29. The number of aliphatic hydroxyl groups excluding tert-OH is 1. The summed E-state index contributed by atoms with van der Waals surface area (Å²) >= 11 is 0. The van der Waals surface area contributed by atoms with Crippen molar-refractivity contribution in [3.05, 3.63) is 88.5 Å². The Kier molecular flexibility index (Phi) is 6.39. The molecule has 5 rings (SSSR count). The van der Waals surface area contributed by atoms with Crippen molar-refractivity contribution in [1.29, 1.82) is 0 Å². The Bertz CT molecular complexity index is 1450. The number of Topliss-reactive ketones (excluding diaryl/α,β-unsaturated/α-hetero) is 1. The number of hydrogen-bond acceptors (Lipinski definition) is 6. The van der Waals surface area contributed by atoms with Crippen molar-refractivity contribution in [3.63, 3.8) is 0 Å². The fourth-order valence-electron chi connectivity index (χ4n) is 4.87. The lowest BCUT2D eigenvalue weighted by atomic mass is 9.84. The highest BCUT2D eigenvalue weighted by Crippen LogP contribution is 2.45. The number of amides is 1. The molecule has 2 heterocycles. The topological polar surface area (TPSA) is 85.3 Å². The zero-order chi connectivity index (χ0) is 27.2. The van der Waals surface area contributed by atoms with Gasteiger partial charge in [-0.05, 0) is 59.4 Å². The molecule has 1 amide bonds. The van der Waals surface area contributed by atoms with Crippen molar-refractivity contribution in [2.24, 2.45) is 0 Å². The number of rotatable bonds is 4. The van der Waals surface area contributed by atoms with Crippen molar-refractivity contribution in [2.45, 2.75) is 39.2 Å². The molecule has 0 saturated carbocycles. The second-order valence-electron chi connectivity index (χ2n) is 10.5. The highest BCUT2D eigenvalue weighted by atomic mass is 16.6. The number of nitrogens with zero attached hydrogens (tertiary/aromatic N) is 1. The van der Waals surface area contributed by atoms with Gasteiger partial charge in [-0.1, -0.05) is 45.0 Å². The summed E-state index contributed by atoms with van der Waals surface area (Å²) in [4.78, 5) is 28.6. The van der Waals surface area contributed by atoms with E-state index in [1.165, 1.54) is 4.90 Å². The van der Waals surface area contributed by atoms with Crippen LogP contribution in [0.15, 0.2) is 66.2 Å². The van der Waals surface area contributed by atoms with E-state index in [2.05, 4.69) is 20.8 Å². The van der Waals surface area contributed by atoms with E-state index in [9.17, 15) is 14.7 Å². The summed E-state index contributed by atoms with van der Waals surface area (Å²) in [7, 11) is 1.57. The first-order chi connectivity index (χ1) is 18.1. The van der Waals surface area contributed by atoms with Gasteiger partial charge in [0.1, 0.15) is 24.7 Å². The number of benzene rings is 3. The van der Waals surface area contributed by atoms with E-state index in [0.717, 1.165) is 11.1 Å². The molecule has 1 N–H and O–H groups in total. The number of fused-ring (bicyclic) bond motifs is 1. The van der Waals surface area contributed by atoms with Gasteiger partial charge in [-0.2, -0.15) is 0 Å². The number of aryl methyl sites for hydroxylation is 1. The lowest BCUT2D eigenvalue weighted by molar-refractivity contribution is -0.132. The SMILES string of the molecule is COc1ccc(C2/C(=C(\O)c3cc(C(C)(C)C)ccc3C)C(=O)C(=O)N2c2ccc3c(c2)OCCO3)cc1. The van der Waals surface area contributed by atoms with E-state index < -0.39 is 17.7 Å². The largest absolute Gasteiger partial charge is 0.507 e. The summed E-state index contributed by atoms with van der Waals surface area (Å²) in [6, 6.07) is 17.3. The van der Waals surface area contributed by atoms with Gasteiger partial charge in [-0.25, -0.2) is 0 Å². The highest BCUT2D eigenvalue weighted by molar-refractivity contribution is 6.51. The molecule has 0 aromatic heterocycles. The van der Waals surface area contributed by atoms with Crippen LogP contribution >= 0.6 is 0 Å². The molecule has 2 aliphatic heterocycles. The number of carbonyl (C=O) groups is 2. The third-order valence-corrected chi connectivity index (χ3v) is 7.04. The number of ketones is 1. The van der Waals surface area contributed by atoms with Crippen molar-refractivity contribution in [2.75, 3.05) is 25.2 Å². The van der Waals surface area contributed by atoms with Crippen molar-refractivity contribution in [1.82, 2.24) is 0 Å². The van der Waals surface area contributed by atoms with E-state index in [-0.39, 0.29) is 16.7 Å². The predicted octanol–water partition coefficient (Wildman–Crippen LogP) is 5.70. The zero-order valence-electron chi connectivity index (χ0n) is 22.2. The molecule has 38 heavy (non-hydrogen) atoms. The fraction of sp³-hybridized carbons (Fsp3) is 0.290. The third kappa shape index (κ3) is 4.38. The van der Waals surface area contributed by atoms with Gasteiger partial charge in [-0.15, -0.1) is 0 Å². The van der Waals surface area contributed by atoms with Crippen LogP contribution in [0.4, 0.5) is 5.69 Å². The van der Waals surface area contributed by atoms with Gasteiger partial charge in [0, 0.05) is 17.3 Å². The van der Waals surface area contributed by atoms with Crippen LogP contribution in [0.2, 0.25) is 0 Å². The summed E-state index contributed by atoms with van der Waals surface area (Å²) in [5.41, 5.74) is 3.32. The fourth-order valence-corrected chi connectivity index (χ4v) is 4.87. The zero-order valence-corrected chi connectivity index (χ0v) is 22.2. The minimum absolute atomic E-state index is 0.0317. The number of hydrogen-bond donors (Lipinski definition) is 1. The van der Waals surface area contributed by atoms with Crippen LogP contribution in [0, 0.1) is 6.92 Å². The first-order valence-corrected chi connectivity index (χ1v) is 12.6. The van der Waals surface area contributed by atoms with Crippen LogP contribution in [0.5, 0.6) is 17.2 Å². The average molecular weight is 514 g/mol. The van der Waals surface area contributed by atoms with Crippen molar-refractivity contribution in [3.8, 4) is 17.2 Å². The van der Waals surface area contributed by atoms with Crippen LogP contribution in [0.3, 0.4) is 0 Å². The molecule has 7 nitrogen and oxygen atoms in total. The number of anilines is 1. The molecular formula is C31H31NO6. The van der Waals surface area contributed by atoms with Crippen LogP contribution in [-0.4, -0.2) is 37.1 Å². The molecule has 1 saturated heterocycles. The second-order valence-corrected chi connectivity index (χ2v) is 10.5. The predicted molar refractivity (Wildman–Crippen MR) is 145 cm³/mol. The molecule has 0 aliphatic carbocycles. The maximum absolute atomic E-state index is 13.6. The molecule has 3 aromatic rings. The molecule has 2 aliphatic rings. The van der Waals surface area contributed by atoms with Gasteiger partial charge < -0.3 is 19.3 Å². The highest BCUT2D eigenvalue weighted by Gasteiger charge is 2.47. The van der Waals surface area contributed by atoms with Gasteiger partial charge in [-0.3, -0.25) is 14.5 Å². The summed E-state index contributed by atoms with van der Waals surface area (Å²) < 4.78 is 16.7. The Balaban J connectivity index is 1.71. The van der Waals surface area contributed by atoms with Crippen molar-refractivity contribution >= 4 is 23.1 Å². The van der Waals surface area contributed by atoms with E-state index in [1.54, 1.807) is 49.6 Å². The molecule has 0 radical (unpaired) electrons. The monoisotopic (exact) mass is 513 g/mol. The van der Waals surface area contributed by atoms with E-state index in [0.29, 0.717) is 47.3 Å². The summed E-state index contributed by atoms with van der Waals surface area (Å²) in [6.45, 7) is 8.95. The molecule has 0 spiro atoms. The summed E-state index contributed by atoms with van der Waals surface area (Å²) in [5.74, 6) is 0.0315. The van der Waals surface area contributed by atoms with Gasteiger partial charge in [0.25, 0.3) is 11.7 Å². The number of aliphatic hydroxyl groups is 1. The van der Waals surface area contributed by atoms with Gasteiger partial charge in [0.15, 0.2) is 11.5 Å². The van der Waals surface area contributed by atoms with Crippen LogP contribution in [-0.2, 0) is 15.0 Å². The number of methoxy groups -OCH3 is 1. The maximum atomic E-state index is 13.6. The quantitative estimate of drug-likeness (QED) is 0.274. The first-order valence-electron chi connectivity index (χ1n) is 12.6. The normalized spacial score (nSPS) is 18.6. The summed E-state index contributed by atoms with van der Waals surface area (Å²) in [6.07, 6.45) is 0. The van der Waals surface area contributed by atoms with Crippen molar-refractivity contribution < 1.29 is 28.9 Å². The minimum atomic E-state index is -0.860. The minimum Gasteiger partial charge on any atom is -0.507 e. The standard InChI is InChI=1S/C31H31NO6/c1-18-6-9-20(31(2,3)4)16-23(18)28(33)26-27(19-7-11-22(36-5)12-8-19)32(30(35)29(26)34)21-10-13-24-25(17-21)38-15-14-37-24/h6-13,16-17,27,33H,14-15H2,1-5H3/b28-26+. The molecule has 1 unspecified atom stereocenters. The maximum Gasteiger partial charge on any atom is 0.300 e.